The van der Waals surface area contributed by atoms with Crippen LogP contribution in [-0.2, 0) is 0 Å². The van der Waals surface area contributed by atoms with Gasteiger partial charge in [0, 0.05) is 56.0 Å². The molecule has 2 saturated heterocycles. The van der Waals surface area contributed by atoms with E-state index in [9.17, 15) is 0 Å². The summed E-state index contributed by atoms with van der Waals surface area (Å²) in [6, 6.07) is 2.75. The number of nitrogens with zero attached hydrogens (tertiary/aromatic N) is 3. The van der Waals surface area contributed by atoms with E-state index in [2.05, 4.69) is 58.0 Å². The van der Waals surface area contributed by atoms with Gasteiger partial charge in [0.05, 0.1) is 4.47 Å². The number of hydrogen-bond acceptors (Lipinski definition) is 4. The lowest BCUT2D eigenvalue weighted by Crippen LogP contribution is -2.63. The molecule has 1 N–H and O–H groups in total. The van der Waals surface area contributed by atoms with Gasteiger partial charge in [0.2, 0.25) is 0 Å². The first-order valence-corrected chi connectivity index (χ1v) is 7.83. The zero-order valence-electron chi connectivity index (χ0n) is 10.1. The molecular formula is C12H16Br2N4. The molecular weight excluding hydrogens is 360 g/mol. The Kier molecular flexibility index (Phi) is 3.89. The predicted molar refractivity (Wildman–Crippen MR) is 80.1 cm³/mol. The molecule has 4 nitrogen and oxygen atoms in total. The third-order valence-corrected chi connectivity index (χ3v) is 4.64. The highest BCUT2D eigenvalue weighted by Crippen LogP contribution is 2.30. The molecule has 0 bridgehead atoms. The number of nitrogens with one attached hydrogen (secondary N) is 1. The van der Waals surface area contributed by atoms with Gasteiger partial charge in [0.25, 0.3) is 0 Å². The molecule has 1 aromatic heterocycles. The molecule has 2 aliphatic rings. The Morgan fingerprint density at radius 2 is 1.94 bits per heavy atom. The lowest BCUT2D eigenvalue weighted by Gasteiger charge is -2.47. The molecule has 0 aromatic carbocycles. The molecule has 2 fully saturated rings. The third kappa shape index (κ3) is 2.57. The highest BCUT2D eigenvalue weighted by atomic mass is 79.9. The number of pyridine rings is 1. The van der Waals surface area contributed by atoms with Crippen LogP contribution in [0.25, 0.3) is 0 Å². The number of anilines is 1. The van der Waals surface area contributed by atoms with Gasteiger partial charge in [-0.1, -0.05) is 0 Å². The molecule has 0 unspecified atom stereocenters. The van der Waals surface area contributed by atoms with E-state index in [4.69, 9.17) is 0 Å². The number of halogens is 2. The molecule has 0 saturated carbocycles. The third-order valence-electron chi connectivity index (χ3n) is 3.62. The van der Waals surface area contributed by atoms with Gasteiger partial charge in [0.15, 0.2) is 0 Å². The van der Waals surface area contributed by atoms with Gasteiger partial charge < -0.3 is 10.2 Å². The Bertz CT molecular complexity index is 428. The Balaban J connectivity index is 1.61. The monoisotopic (exact) mass is 374 g/mol. The Hall–Kier alpha value is -0.170. The van der Waals surface area contributed by atoms with E-state index in [1.54, 1.807) is 0 Å². The lowest BCUT2D eigenvalue weighted by molar-refractivity contribution is 0.147. The van der Waals surface area contributed by atoms with E-state index in [-0.39, 0.29) is 0 Å². The van der Waals surface area contributed by atoms with Crippen LogP contribution < -0.4 is 10.2 Å². The molecule has 6 heteroatoms. The summed E-state index contributed by atoms with van der Waals surface area (Å²) < 4.78 is 2.08. The first-order valence-electron chi connectivity index (χ1n) is 6.25. The van der Waals surface area contributed by atoms with Gasteiger partial charge in [-0.3, -0.25) is 4.90 Å². The minimum absolute atomic E-state index is 0.699. The topological polar surface area (TPSA) is 31.4 Å². The summed E-state index contributed by atoms with van der Waals surface area (Å²) in [7, 11) is 0. The van der Waals surface area contributed by atoms with E-state index in [0.29, 0.717) is 6.04 Å². The van der Waals surface area contributed by atoms with Crippen LogP contribution in [0.1, 0.15) is 0 Å². The van der Waals surface area contributed by atoms with Crippen molar-refractivity contribution >= 4 is 37.7 Å². The Morgan fingerprint density at radius 1 is 1.22 bits per heavy atom. The molecule has 0 aliphatic carbocycles. The molecule has 0 radical (unpaired) electrons. The summed E-state index contributed by atoms with van der Waals surface area (Å²) in [6.07, 6.45) is 1.86. The van der Waals surface area contributed by atoms with E-state index < -0.39 is 0 Å². The van der Waals surface area contributed by atoms with Crippen LogP contribution in [0.5, 0.6) is 0 Å². The van der Waals surface area contributed by atoms with Crippen LogP contribution in [0.4, 0.5) is 5.82 Å². The second kappa shape index (κ2) is 5.45. The average Bonchev–Trinajstić information content (AvgIpc) is 2.31. The highest BCUT2D eigenvalue weighted by molar-refractivity contribution is 9.11. The standard InChI is InChI=1S/C12H16Br2N4/c13-9-5-11(14)12(16-6-9)18-7-10(8-18)17-3-1-15-2-4-17/h5-6,10,15H,1-4,7-8H2. The van der Waals surface area contributed by atoms with Gasteiger partial charge in [-0.15, -0.1) is 0 Å². The quantitative estimate of drug-likeness (QED) is 0.852. The molecule has 3 heterocycles. The molecule has 2 aliphatic heterocycles. The summed E-state index contributed by atoms with van der Waals surface area (Å²) >= 11 is 7.01. The zero-order chi connectivity index (χ0) is 12.5. The first kappa shape index (κ1) is 12.8. The minimum Gasteiger partial charge on any atom is -0.352 e. The molecule has 1 aromatic rings. The van der Waals surface area contributed by atoms with Crippen molar-refractivity contribution in [2.75, 3.05) is 44.2 Å². The number of hydrogen-bond donors (Lipinski definition) is 1. The van der Waals surface area contributed by atoms with E-state index in [0.717, 1.165) is 40.9 Å². The fourth-order valence-corrected chi connectivity index (χ4v) is 3.78. The number of piperazine rings is 1. The second-order valence-electron chi connectivity index (χ2n) is 4.80. The van der Waals surface area contributed by atoms with Crippen molar-refractivity contribution < 1.29 is 0 Å². The van der Waals surface area contributed by atoms with Crippen molar-refractivity contribution in [3.8, 4) is 0 Å². The summed E-state index contributed by atoms with van der Waals surface area (Å²) in [4.78, 5) is 9.40. The smallest absolute Gasteiger partial charge is 0.143 e. The maximum Gasteiger partial charge on any atom is 0.143 e. The summed E-state index contributed by atoms with van der Waals surface area (Å²) in [5.74, 6) is 1.06. The normalized spacial score (nSPS) is 22.0. The number of rotatable bonds is 2. The van der Waals surface area contributed by atoms with E-state index in [1.807, 2.05) is 6.20 Å². The molecule has 3 rings (SSSR count). The Morgan fingerprint density at radius 3 is 2.61 bits per heavy atom. The van der Waals surface area contributed by atoms with Crippen LogP contribution >= 0.6 is 31.9 Å². The van der Waals surface area contributed by atoms with E-state index >= 15 is 0 Å². The van der Waals surface area contributed by atoms with Crippen molar-refractivity contribution in [3.05, 3.63) is 21.2 Å². The van der Waals surface area contributed by atoms with Gasteiger partial charge in [-0.25, -0.2) is 4.98 Å². The van der Waals surface area contributed by atoms with Crippen LogP contribution in [0.15, 0.2) is 21.2 Å². The average molecular weight is 376 g/mol. The van der Waals surface area contributed by atoms with Crippen LogP contribution in [-0.4, -0.2) is 55.2 Å². The molecule has 0 spiro atoms. The maximum atomic E-state index is 4.48. The maximum absolute atomic E-state index is 4.48. The summed E-state index contributed by atoms with van der Waals surface area (Å²) in [6.45, 7) is 6.77. The summed E-state index contributed by atoms with van der Waals surface area (Å²) in [5.41, 5.74) is 0. The van der Waals surface area contributed by atoms with Crippen molar-refractivity contribution in [2.24, 2.45) is 0 Å². The molecule has 0 amide bonds. The van der Waals surface area contributed by atoms with Crippen molar-refractivity contribution in [1.82, 2.24) is 15.2 Å². The van der Waals surface area contributed by atoms with Crippen molar-refractivity contribution in [2.45, 2.75) is 6.04 Å². The fraction of sp³-hybridized carbons (Fsp3) is 0.583. The highest BCUT2D eigenvalue weighted by Gasteiger charge is 2.33. The summed E-state index contributed by atoms with van der Waals surface area (Å²) in [5, 5.41) is 3.40. The number of aromatic nitrogens is 1. The second-order valence-corrected chi connectivity index (χ2v) is 6.57. The molecule has 0 atom stereocenters. The van der Waals surface area contributed by atoms with Gasteiger partial charge in [-0.2, -0.15) is 0 Å². The van der Waals surface area contributed by atoms with Crippen LogP contribution in [0.2, 0.25) is 0 Å². The zero-order valence-corrected chi connectivity index (χ0v) is 13.2. The van der Waals surface area contributed by atoms with Crippen molar-refractivity contribution in [1.29, 1.82) is 0 Å². The van der Waals surface area contributed by atoms with Crippen molar-refractivity contribution in [3.63, 3.8) is 0 Å². The molecule has 98 valence electrons. The first-order chi connectivity index (χ1) is 8.74. The largest absolute Gasteiger partial charge is 0.352 e. The minimum atomic E-state index is 0.699. The lowest BCUT2D eigenvalue weighted by atomic mass is 10.1. The van der Waals surface area contributed by atoms with Gasteiger partial charge in [0.1, 0.15) is 5.82 Å². The van der Waals surface area contributed by atoms with Gasteiger partial charge in [-0.05, 0) is 37.9 Å². The predicted octanol–water partition coefficient (Wildman–Crippen LogP) is 1.70. The Labute approximate surface area is 124 Å². The molecule has 18 heavy (non-hydrogen) atoms. The van der Waals surface area contributed by atoms with Crippen LogP contribution in [0.3, 0.4) is 0 Å². The van der Waals surface area contributed by atoms with Gasteiger partial charge >= 0.3 is 0 Å². The van der Waals surface area contributed by atoms with E-state index in [1.165, 1.54) is 13.1 Å². The fourth-order valence-electron chi connectivity index (χ4n) is 2.55. The van der Waals surface area contributed by atoms with Crippen LogP contribution in [0, 0.1) is 0 Å². The SMILES string of the molecule is Brc1cnc(N2CC(N3CCNCC3)C2)c(Br)c1.